The molecule has 1 aromatic heterocycles. The van der Waals surface area contributed by atoms with Gasteiger partial charge in [-0.1, -0.05) is 24.3 Å². The Morgan fingerprint density at radius 3 is 2.67 bits per heavy atom. The van der Waals surface area contributed by atoms with Gasteiger partial charge in [0.05, 0.1) is 19.2 Å². The second kappa shape index (κ2) is 10.6. The minimum Gasteiger partial charge on any atom is -0.496 e. The van der Waals surface area contributed by atoms with Gasteiger partial charge in [-0.25, -0.2) is 4.39 Å². The zero-order valence-corrected chi connectivity index (χ0v) is 17.4. The molecule has 5 nitrogen and oxygen atoms in total. The van der Waals surface area contributed by atoms with Crippen molar-refractivity contribution in [2.75, 3.05) is 27.4 Å². The largest absolute Gasteiger partial charge is 0.496 e. The number of halogens is 1. The first-order valence-corrected chi connectivity index (χ1v) is 9.92. The van der Waals surface area contributed by atoms with Crippen molar-refractivity contribution in [3.63, 3.8) is 0 Å². The predicted octanol–water partition coefficient (Wildman–Crippen LogP) is 4.36. The molecule has 3 rings (SSSR count). The SMILES string of the molecule is COCCCN(Cc1cccn1Cc1cccc(F)c1)C(=O)c1ccccc1OC. The summed E-state index contributed by atoms with van der Waals surface area (Å²) in [7, 11) is 3.21. The molecular weight excluding hydrogens is 383 g/mol. The van der Waals surface area contributed by atoms with Crippen LogP contribution in [0.3, 0.4) is 0 Å². The van der Waals surface area contributed by atoms with E-state index in [1.54, 1.807) is 37.3 Å². The predicted molar refractivity (Wildman–Crippen MR) is 114 cm³/mol. The molecule has 158 valence electrons. The molecule has 0 saturated heterocycles. The van der Waals surface area contributed by atoms with Gasteiger partial charge in [0.2, 0.25) is 0 Å². The summed E-state index contributed by atoms with van der Waals surface area (Å²) >= 11 is 0. The second-order valence-corrected chi connectivity index (χ2v) is 7.03. The van der Waals surface area contributed by atoms with Crippen molar-refractivity contribution in [3.05, 3.63) is 89.5 Å². The number of carbonyl (C=O) groups is 1. The normalized spacial score (nSPS) is 10.8. The fourth-order valence-electron chi connectivity index (χ4n) is 3.42. The van der Waals surface area contributed by atoms with E-state index in [1.165, 1.54) is 12.1 Å². The number of benzene rings is 2. The Bertz CT molecular complexity index is 970. The molecule has 0 atom stereocenters. The topological polar surface area (TPSA) is 43.7 Å². The Hall–Kier alpha value is -3.12. The maximum Gasteiger partial charge on any atom is 0.257 e. The van der Waals surface area contributed by atoms with Crippen LogP contribution in [0.4, 0.5) is 4.39 Å². The Morgan fingerprint density at radius 1 is 1.07 bits per heavy atom. The molecule has 0 aliphatic heterocycles. The van der Waals surface area contributed by atoms with Gasteiger partial charge in [0.25, 0.3) is 5.91 Å². The van der Waals surface area contributed by atoms with Crippen LogP contribution in [0, 0.1) is 5.82 Å². The second-order valence-electron chi connectivity index (χ2n) is 7.03. The van der Waals surface area contributed by atoms with Gasteiger partial charge in [-0.2, -0.15) is 0 Å². The fraction of sp³-hybridized carbons (Fsp3) is 0.292. The zero-order valence-electron chi connectivity index (χ0n) is 17.4. The number of carbonyl (C=O) groups excluding carboxylic acids is 1. The van der Waals surface area contributed by atoms with Crippen molar-refractivity contribution in [1.82, 2.24) is 9.47 Å². The van der Waals surface area contributed by atoms with E-state index in [4.69, 9.17) is 9.47 Å². The van der Waals surface area contributed by atoms with Gasteiger partial charge >= 0.3 is 0 Å². The molecule has 0 aliphatic rings. The van der Waals surface area contributed by atoms with Gasteiger partial charge in [0.15, 0.2) is 0 Å². The van der Waals surface area contributed by atoms with E-state index in [1.807, 2.05) is 41.1 Å². The number of hydrogen-bond acceptors (Lipinski definition) is 3. The smallest absolute Gasteiger partial charge is 0.257 e. The van der Waals surface area contributed by atoms with Crippen molar-refractivity contribution in [3.8, 4) is 5.75 Å². The standard InChI is InChI=1S/C24H27FN2O3/c1-29-15-7-14-27(24(28)22-11-3-4-12-23(22)30-2)18-21-10-6-13-26(21)17-19-8-5-9-20(25)16-19/h3-6,8-13,16H,7,14-15,17-18H2,1-2H3. The molecule has 0 saturated carbocycles. The fourth-order valence-corrected chi connectivity index (χ4v) is 3.42. The lowest BCUT2D eigenvalue weighted by Gasteiger charge is -2.24. The molecule has 0 aliphatic carbocycles. The van der Waals surface area contributed by atoms with Crippen LogP contribution in [-0.4, -0.2) is 42.7 Å². The number of rotatable bonds is 10. The third-order valence-corrected chi connectivity index (χ3v) is 4.92. The summed E-state index contributed by atoms with van der Waals surface area (Å²) in [4.78, 5) is 15.1. The van der Waals surface area contributed by atoms with Crippen molar-refractivity contribution >= 4 is 5.91 Å². The van der Waals surface area contributed by atoms with Crippen LogP contribution < -0.4 is 4.74 Å². The lowest BCUT2D eigenvalue weighted by Crippen LogP contribution is -2.33. The van der Waals surface area contributed by atoms with Crippen LogP contribution in [0.15, 0.2) is 66.9 Å². The average Bonchev–Trinajstić information content (AvgIpc) is 3.19. The molecule has 0 radical (unpaired) electrons. The molecule has 1 amide bonds. The first-order chi connectivity index (χ1) is 14.6. The molecule has 6 heteroatoms. The number of aromatic nitrogens is 1. The van der Waals surface area contributed by atoms with Gasteiger partial charge < -0.3 is 18.9 Å². The van der Waals surface area contributed by atoms with E-state index < -0.39 is 0 Å². The first-order valence-electron chi connectivity index (χ1n) is 9.92. The van der Waals surface area contributed by atoms with Gasteiger partial charge in [0, 0.05) is 38.7 Å². The summed E-state index contributed by atoms with van der Waals surface area (Å²) < 4.78 is 26.1. The summed E-state index contributed by atoms with van der Waals surface area (Å²) in [5.74, 6) is 0.199. The Morgan fingerprint density at radius 2 is 1.90 bits per heavy atom. The van der Waals surface area contributed by atoms with Gasteiger partial charge in [0.1, 0.15) is 11.6 Å². The number of ether oxygens (including phenoxy) is 2. The maximum atomic E-state index is 13.6. The molecule has 0 unspecified atom stereocenters. The molecule has 2 aromatic carbocycles. The highest BCUT2D eigenvalue weighted by Gasteiger charge is 2.20. The van der Waals surface area contributed by atoms with Crippen LogP contribution >= 0.6 is 0 Å². The third kappa shape index (κ3) is 5.48. The molecule has 1 heterocycles. The third-order valence-electron chi connectivity index (χ3n) is 4.92. The minimum absolute atomic E-state index is 0.0953. The molecule has 0 spiro atoms. The Labute approximate surface area is 176 Å². The number of methoxy groups -OCH3 is 2. The summed E-state index contributed by atoms with van der Waals surface area (Å²) in [5, 5.41) is 0. The van der Waals surface area contributed by atoms with E-state index in [2.05, 4.69) is 0 Å². The summed E-state index contributed by atoms with van der Waals surface area (Å²) in [5.41, 5.74) is 2.37. The van der Waals surface area contributed by atoms with Crippen LogP contribution in [0.1, 0.15) is 28.0 Å². The molecular formula is C24H27FN2O3. The first kappa shape index (κ1) is 21.6. The highest BCUT2D eigenvalue weighted by atomic mass is 19.1. The number of para-hydroxylation sites is 1. The Balaban J connectivity index is 1.82. The number of hydrogen-bond donors (Lipinski definition) is 0. The monoisotopic (exact) mass is 410 g/mol. The van der Waals surface area contributed by atoms with Crippen LogP contribution in [0.2, 0.25) is 0 Å². The zero-order chi connectivity index (χ0) is 21.3. The lowest BCUT2D eigenvalue weighted by molar-refractivity contribution is 0.0716. The average molecular weight is 410 g/mol. The number of nitrogens with zero attached hydrogens (tertiary/aromatic N) is 2. The van der Waals surface area contributed by atoms with Crippen LogP contribution in [0.5, 0.6) is 5.75 Å². The molecule has 3 aromatic rings. The van der Waals surface area contributed by atoms with Crippen molar-refractivity contribution < 1.29 is 18.7 Å². The van der Waals surface area contributed by atoms with Gasteiger partial charge in [-0.15, -0.1) is 0 Å². The number of amides is 1. The van der Waals surface area contributed by atoms with E-state index in [9.17, 15) is 9.18 Å². The van der Waals surface area contributed by atoms with Gasteiger partial charge in [-0.3, -0.25) is 4.79 Å². The summed E-state index contributed by atoms with van der Waals surface area (Å²) in [6, 6.07) is 17.7. The molecule has 0 N–H and O–H groups in total. The Kier molecular flexibility index (Phi) is 7.63. The van der Waals surface area contributed by atoms with Crippen molar-refractivity contribution in [1.29, 1.82) is 0 Å². The summed E-state index contributed by atoms with van der Waals surface area (Å²) in [6.07, 6.45) is 2.67. The highest BCUT2D eigenvalue weighted by Crippen LogP contribution is 2.21. The quantitative estimate of drug-likeness (QED) is 0.467. The maximum absolute atomic E-state index is 13.6. The molecule has 0 fully saturated rings. The lowest BCUT2D eigenvalue weighted by atomic mass is 10.1. The van der Waals surface area contributed by atoms with E-state index in [-0.39, 0.29) is 11.7 Å². The van der Waals surface area contributed by atoms with E-state index in [0.717, 1.165) is 17.7 Å². The van der Waals surface area contributed by atoms with Crippen molar-refractivity contribution in [2.45, 2.75) is 19.5 Å². The molecule has 30 heavy (non-hydrogen) atoms. The van der Waals surface area contributed by atoms with Crippen molar-refractivity contribution in [2.24, 2.45) is 0 Å². The van der Waals surface area contributed by atoms with Crippen LogP contribution in [-0.2, 0) is 17.8 Å². The summed E-state index contributed by atoms with van der Waals surface area (Å²) in [6.45, 7) is 2.09. The van der Waals surface area contributed by atoms with E-state index in [0.29, 0.717) is 37.6 Å². The highest BCUT2D eigenvalue weighted by molar-refractivity contribution is 5.96. The van der Waals surface area contributed by atoms with E-state index >= 15 is 0 Å². The minimum atomic E-state index is -0.256. The van der Waals surface area contributed by atoms with Crippen LogP contribution in [0.25, 0.3) is 0 Å². The van der Waals surface area contributed by atoms with Gasteiger partial charge in [-0.05, 0) is 48.4 Å². The molecule has 0 bridgehead atoms.